The Bertz CT molecular complexity index is 184. The van der Waals surface area contributed by atoms with Crippen LogP contribution in [0.15, 0.2) is 11.8 Å². The molecule has 0 aliphatic rings. The molecule has 0 spiro atoms. The van der Waals surface area contributed by atoms with Crippen molar-refractivity contribution in [3.8, 4) is 0 Å². The molecule has 0 aromatic heterocycles. The lowest BCUT2D eigenvalue weighted by Gasteiger charge is -2.11. The SMILES string of the molecule is C[C@@H](/C=C/[Si](C)(C)C)OC(N)=O. The van der Waals surface area contributed by atoms with Crippen LogP contribution in [0, 0.1) is 0 Å². The molecule has 1 amide bonds. The van der Waals surface area contributed by atoms with Crippen molar-refractivity contribution in [3.63, 3.8) is 0 Å². The van der Waals surface area contributed by atoms with Gasteiger partial charge in [-0.05, 0) is 6.92 Å². The second kappa shape index (κ2) is 4.30. The third-order valence-electron chi connectivity index (χ3n) is 1.17. The highest BCUT2D eigenvalue weighted by Crippen LogP contribution is 2.04. The number of hydrogen-bond acceptors (Lipinski definition) is 2. The summed E-state index contributed by atoms with van der Waals surface area (Å²) < 4.78 is 4.72. The van der Waals surface area contributed by atoms with E-state index in [-0.39, 0.29) is 6.10 Å². The van der Waals surface area contributed by atoms with Crippen LogP contribution in [0.5, 0.6) is 0 Å². The quantitative estimate of drug-likeness (QED) is 0.686. The minimum Gasteiger partial charge on any atom is -0.442 e. The molecule has 0 bridgehead atoms. The maximum Gasteiger partial charge on any atom is 0.405 e. The van der Waals surface area contributed by atoms with Crippen molar-refractivity contribution in [2.75, 3.05) is 0 Å². The van der Waals surface area contributed by atoms with Gasteiger partial charge in [0.25, 0.3) is 0 Å². The van der Waals surface area contributed by atoms with Gasteiger partial charge in [0.05, 0.1) is 8.07 Å². The minimum atomic E-state index is -1.18. The average molecular weight is 187 g/mol. The second-order valence-corrected chi connectivity index (χ2v) is 8.93. The number of carbonyl (C=O) groups excluding carboxylic acids is 1. The molecule has 0 saturated carbocycles. The molecule has 4 heteroatoms. The molecule has 0 unspecified atom stereocenters. The van der Waals surface area contributed by atoms with Crippen molar-refractivity contribution in [1.82, 2.24) is 0 Å². The predicted octanol–water partition coefficient (Wildman–Crippen LogP) is 1.90. The zero-order valence-corrected chi connectivity index (χ0v) is 9.13. The molecular weight excluding hydrogens is 170 g/mol. The molecule has 0 rings (SSSR count). The highest BCUT2D eigenvalue weighted by Gasteiger charge is 2.08. The van der Waals surface area contributed by atoms with E-state index < -0.39 is 14.2 Å². The number of amides is 1. The molecule has 70 valence electrons. The Balaban J connectivity index is 3.91. The van der Waals surface area contributed by atoms with E-state index in [0.717, 1.165) is 0 Å². The normalized spacial score (nSPS) is 14.7. The Hall–Kier alpha value is -0.773. The van der Waals surface area contributed by atoms with Crippen LogP contribution in [0.25, 0.3) is 0 Å². The summed E-state index contributed by atoms with van der Waals surface area (Å²) in [6.07, 6.45) is 0.953. The van der Waals surface area contributed by atoms with Crippen molar-refractivity contribution in [2.24, 2.45) is 5.73 Å². The van der Waals surface area contributed by atoms with Crippen LogP contribution in [-0.4, -0.2) is 20.3 Å². The van der Waals surface area contributed by atoms with Gasteiger partial charge in [0.2, 0.25) is 0 Å². The molecule has 0 radical (unpaired) electrons. The molecule has 0 aliphatic carbocycles. The van der Waals surface area contributed by atoms with Gasteiger partial charge in [0.1, 0.15) is 6.10 Å². The molecule has 0 aromatic carbocycles. The van der Waals surface area contributed by atoms with Crippen LogP contribution in [0.1, 0.15) is 6.92 Å². The van der Waals surface area contributed by atoms with E-state index >= 15 is 0 Å². The first-order chi connectivity index (χ1) is 5.31. The summed E-state index contributed by atoms with van der Waals surface area (Å²) >= 11 is 0. The lowest BCUT2D eigenvalue weighted by molar-refractivity contribution is 0.137. The van der Waals surface area contributed by atoms with Gasteiger partial charge in [-0.3, -0.25) is 0 Å². The average Bonchev–Trinajstić information content (AvgIpc) is 1.80. The summed E-state index contributed by atoms with van der Waals surface area (Å²) in [4.78, 5) is 10.3. The van der Waals surface area contributed by atoms with Gasteiger partial charge in [-0.2, -0.15) is 0 Å². The molecule has 0 saturated heterocycles. The van der Waals surface area contributed by atoms with E-state index in [1.165, 1.54) is 0 Å². The third-order valence-corrected chi connectivity index (χ3v) is 2.36. The summed E-state index contributed by atoms with van der Waals surface area (Å²) in [7, 11) is -1.18. The molecule has 2 N–H and O–H groups in total. The van der Waals surface area contributed by atoms with Gasteiger partial charge >= 0.3 is 6.09 Å². The molecule has 0 heterocycles. The van der Waals surface area contributed by atoms with Crippen molar-refractivity contribution in [1.29, 1.82) is 0 Å². The molecule has 0 aromatic rings. The molecular formula is C8H17NO2Si. The fourth-order valence-corrected chi connectivity index (χ4v) is 1.50. The van der Waals surface area contributed by atoms with Gasteiger partial charge < -0.3 is 10.5 Å². The molecule has 1 atom stereocenters. The predicted molar refractivity (Wildman–Crippen MR) is 52.6 cm³/mol. The first kappa shape index (κ1) is 11.2. The molecule has 3 nitrogen and oxygen atoms in total. The van der Waals surface area contributed by atoms with Crippen LogP contribution < -0.4 is 5.73 Å². The first-order valence-corrected chi connectivity index (χ1v) is 7.54. The fourth-order valence-electron chi connectivity index (χ4n) is 0.647. The van der Waals surface area contributed by atoms with Crippen LogP contribution in [0.3, 0.4) is 0 Å². The highest BCUT2D eigenvalue weighted by atomic mass is 28.3. The molecule has 0 aliphatic heterocycles. The van der Waals surface area contributed by atoms with Gasteiger partial charge in [-0.25, -0.2) is 4.79 Å². The van der Waals surface area contributed by atoms with Gasteiger partial charge in [-0.15, -0.1) is 0 Å². The Morgan fingerprint density at radius 2 is 2.00 bits per heavy atom. The summed E-state index contributed by atoms with van der Waals surface area (Å²) in [6.45, 7) is 8.42. The van der Waals surface area contributed by atoms with Crippen LogP contribution in [0.2, 0.25) is 19.6 Å². The monoisotopic (exact) mass is 187 g/mol. The van der Waals surface area contributed by atoms with Crippen molar-refractivity contribution >= 4 is 14.2 Å². The van der Waals surface area contributed by atoms with Crippen LogP contribution >= 0.6 is 0 Å². The minimum absolute atomic E-state index is 0.214. The summed E-state index contributed by atoms with van der Waals surface area (Å²) in [5.74, 6) is 0. The van der Waals surface area contributed by atoms with E-state index in [4.69, 9.17) is 10.5 Å². The van der Waals surface area contributed by atoms with Gasteiger partial charge in [-0.1, -0.05) is 31.4 Å². The first-order valence-electron chi connectivity index (χ1n) is 3.97. The topological polar surface area (TPSA) is 52.3 Å². The van der Waals surface area contributed by atoms with E-state index in [0.29, 0.717) is 0 Å². The maximum absolute atomic E-state index is 10.3. The second-order valence-electron chi connectivity index (χ2n) is 3.87. The van der Waals surface area contributed by atoms with Crippen molar-refractivity contribution < 1.29 is 9.53 Å². The van der Waals surface area contributed by atoms with Crippen LogP contribution in [-0.2, 0) is 4.74 Å². The van der Waals surface area contributed by atoms with Gasteiger partial charge in [0, 0.05) is 0 Å². The Labute approximate surface area is 74.6 Å². The lowest BCUT2D eigenvalue weighted by Crippen LogP contribution is -2.21. The smallest absolute Gasteiger partial charge is 0.405 e. The number of nitrogens with two attached hydrogens (primary N) is 1. The summed E-state index contributed by atoms with van der Waals surface area (Å²) in [5.41, 5.74) is 6.97. The van der Waals surface area contributed by atoms with E-state index in [2.05, 4.69) is 25.3 Å². The number of rotatable bonds is 3. The van der Waals surface area contributed by atoms with Gasteiger partial charge in [0.15, 0.2) is 0 Å². The number of primary amides is 1. The molecule has 0 fully saturated rings. The zero-order chi connectivity index (χ0) is 9.78. The Morgan fingerprint density at radius 3 is 2.33 bits per heavy atom. The third kappa shape index (κ3) is 7.34. The van der Waals surface area contributed by atoms with Crippen molar-refractivity contribution in [2.45, 2.75) is 32.7 Å². The number of carbonyl (C=O) groups is 1. The number of hydrogen-bond donors (Lipinski definition) is 1. The lowest BCUT2D eigenvalue weighted by atomic mass is 10.4. The van der Waals surface area contributed by atoms with E-state index in [1.807, 2.05) is 6.08 Å². The maximum atomic E-state index is 10.3. The fraction of sp³-hybridized carbons (Fsp3) is 0.625. The Morgan fingerprint density at radius 1 is 1.50 bits per heavy atom. The highest BCUT2D eigenvalue weighted by molar-refractivity contribution is 6.80. The summed E-state index contributed by atoms with van der Waals surface area (Å²) in [5, 5.41) is 0. The molecule has 12 heavy (non-hydrogen) atoms. The van der Waals surface area contributed by atoms with E-state index in [9.17, 15) is 4.79 Å². The largest absolute Gasteiger partial charge is 0.442 e. The standard InChI is InChI=1S/C8H17NO2Si/c1-7(11-8(9)10)5-6-12(2,3)4/h5-7H,1-4H3,(H2,9,10)/b6-5+/t7-/m0/s1. The van der Waals surface area contributed by atoms with Crippen LogP contribution in [0.4, 0.5) is 4.79 Å². The Kier molecular flexibility index (Phi) is 4.02. The van der Waals surface area contributed by atoms with E-state index in [1.54, 1.807) is 6.92 Å². The number of ether oxygens (including phenoxy) is 1. The zero-order valence-electron chi connectivity index (χ0n) is 8.13. The summed E-state index contributed by atoms with van der Waals surface area (Å²) in [6, 6.07) is 0. The van der Waals surface area contributed by atoms with Crippen molar-refractivity contribution in [3.05, 3.63) is 11.8 Å².